The Hall–Kier alpha value is -2.40. The number of nitrogens with zero attached hydrogens (tertiary/aromatic N) is 7. The van der Waals surface area contributed by atoms with Crippen molar-refractivity contribution in [2.45, 2.75) is 17.1 Å². The first-order valence-corrected chi connectivity index (χ1v) is 8.43. The molecule has 4 rings (SSSR count). The lowest BCUT2D eigenvalue weighted by Crippen LogP contribution is -2.11. The lowest BCUT2D eigenvalue weighted by molar-refractivity contribution is 0.535. The topological polar surface area (TPSA) is 113 Å². The third kappa shape index (κ3) is 2.27. The van der Waals surface area contributed by atoms with Crippen LogP contribution in [-0.4, -0.2) is 34.6 Å². The van der Waals surface area contributed by atoms with Gasteiger partial charge in [-0.1, -0.05) is 0 Å². The Morgan fingerprint density at radius 1 is 1.29 bits per heavy atom. The van der Waals surface area contributed by atoms with E-state index in [1.807, 2.05) is 14.0 Å². The average Bonchev–Trinajstić information content (AvgIpc) is 3.21. The molecule has 0 atom stereocenters. The fourth-order valence-electron chi connectivity index (χ4n) is 2.33. The number of halogens is 1. The third-order valence-corrected chi connectivity index (χ3v) is 5.01. The molecule has 4 aromatic rings. The first-order valence-electron chi connectivity index (χ1n) is 6.82. The number of rotatable bonds is 3. The van der Waals surface area contributed by atoms with Crippen LogP contribution in [0.5, 0.6) is 0 Å². The number of furan rings is 1. The van der Waals surface area contributed by atoms with Gasteiger partial charge in [-0.15, -0.1) is 10.2 Å². The Morgan fingerprint density at radius 3 is 2.88 bits per heavy atom. The van der Waals surface area contributed by atoms with Crippen LogP contribution in [0.3, 0.4) is 0 Å². The lowest BCUT2D eigenvalue weighted by Gasteiger charge is -2.03. The van der Waals surface area contributed by atoms with Crippen LogP contribution in [0.15, 0.2) is 37.9 Å². The molecule has 2 N–H and O–H groups in total. The predicted molar refractivity (Wildman–Crippen MR) is 90.7 cm³/mol. The highest BCUT2D eigenvalue weighted by molar-refractivity contribution is 9.10. The first-order chi connectivity index (χ1) is 11.6. The second kappa shape index (κ2) is 5.60. The zero-order chi connectivity index (χ0) is 16.8. The molecule has 0 saturated heterocycles. The van der Waals surface area contributed by atoms with Crippen molar-refractivity contribution in [1.29, 1.82) is 0 Å². The van der Waals surface area contributed by atoms with E-state index in [9.17, 15) is 0 Å². The zero-order valence-corrected chi connectivity index (χ0v) is 15.0. The predicted octanol–water partition coefficient (Wildman–Crippen LogP) is 2.15. The van der Waals surface area contributed by atoms with Gasteiger partial charge in [0, 0.05) is 7.05 Å². The quantitative estimate of drug-likeness (QED) is 0.406. The largest absolute Gasteiger partial charge is 0.469 e. The molecule has 0 aliphatic carbocycles. The molecule has 0 saturated carbocycles. The number of aromatic nitrogens is 7. The van der Waals surface area contributed by atoms with E-state index >= 15 is 0 Å². The maximum absolute atomic E-state index is 6.15. The van der Waals surface area contributed by atoms with Gasteiger partial charge >= 0.3 is 0 Å². The summed E-state index contributed by atoms with van der Waals surface area (Å²) in [6.07, 6.45) is 3.07. The number of fused-ring (bicyclic) bond motifs is 1. The van der Waals surface area contributed by atoms with Gasteiger partial charge in [0.2, 0.25) is 5.16 Å². The Kier molecular flexibility index (Phi) is 3.53. The van der Waals surface area contributed by atoms with Crippen LogP contribution >= 0.6 is 27.7 Å². The molecular weight excluding hydrogens is 396 g/mol. The molecule has 0 spiro atoms. The van der Waals surface area contributed by atoms with Crippen molar-refractivity contribution >= 4 is 38.7 Å². The molecule has 0 bridgehead atoms. The van der Waals surface area contributed by atoms with Crippen LogP contribution in [0.1, 0.15) is 5.76 Å². The molecule has 9 nitrogen and oxygen atoms in total. The summed E-state index contributed by atoms with van der Waals surface area (Å²) in [7, 11) is 1.82. The lowest BCUT2D eigenvalue weighted by atomic mass is 10.2. The van der Waals surface area contributed by atoms with Crippen LogP contribution in [0.2, 0.25) is 0 Å². The molecule has 24 heavy (non-hydrogen) atoms. The second-order valence-electron chi connectivity index (χ2n) is 4.96. The van der Waals surface area contributed by atoms with E-state index in [-0.39, 0.29) is 0 Å². The molecule has 4 heterocycles. The third-order valence-electron chi connectivity index (χ3n) is 3.50. The van der Waals surface area contributed by atoms with Crippen molar-refractivity contribution in [3.63, 3.8) is 0 Å². The summed E-state index contributed by atoms with van der Waals surface area (Å²) in [5, 5.41) is 14.6. The molecule has 4 aromatic heterocycles. The van der Waals surface area contributed by atoms with Crippen molar-refractivity contribution in [3.05, 3.63) is 29.0 Å². The Morgan fingerprint density at radius 2 is 2.12 bits per heavy atom. The minimum Gasteiger partial charge on any atom is -0.469 e. The van der Waals surface area contributed by atoms with E-state index in [1.165, 1.54) is 22.8 Å². The minimum absolute atomic E-state index is 0.501. The number of nitrogens with two attached hydrogens (primary N) is 1. The Labute approximate surface area is 148 Å². The normalized spacial score (nSPS) is 11.5. The van der Waals surface area contributed by atoms with Crippen LogP contribution in [-0.2, 0) is 7.05 Å². The minimum atomic E-state index is 0.501. The van der Waals surface area contributed by atoms with Crippen LogP contribution in [0.25, 0.3) is 22.4 Å². The van der Waals surface area contributed by atoms with Crippen molar-refractivity contribution in [3.8, 4) is 11.4 Å². The van der Waals surface area contributed by atoms with Gasteiger partial charge in [-0.3, -0.25) is 0 Å². The van der Waals surface area contributed by atoms with Gasteiger partial charge in [-0.2, -0.15) is 5.10 Å². The summed E-state index contributed by atoms with van der Waals surface area (Å²) in [5.41, 5.74) is 1.51. The summed E-state index contributed by atoms with van der Waals surface area (Å²) in [5.74, 6) is 7.41. The van der Waals surface area contributed by atoms with E-state index < -0.39 is 0 Å². The molecule has 0 fully saturated rings. The van der Waals surface area contributed by atoms with Crippen LogP contribution < -0.4 is 5.84 Å². The molecule has 0 radical (unpaired) electrons. The van der Waals surface area contributed by atoms with Crippen molar-refractivity contribution in [2.24, 2.45) is 7.05 Å². The molecule has 0 aromatic carbocycles. The summed E-state index contributed by atoms with van der Waals surface area (Å²) in [4.78, 5) is 8.56. The van der Waals surface area contributed by atoms with Crippen molar-refractivity contribution < 1.29 is 4.42 Å². The second-order valence-corrected chi connectivity index (χ2v) is 6.67. The van der Waals surface area contributed by atoms with Gasteiger partial charge in [0.1, 0.15) is 21.7 Å². The fourth-order valence-corrected chi connectivity index (χ4v) is 3.89. The van der Waals surface area contributed by atoms with Crippen molar-refractivity contribution in [1.82, 2.24) is 34.6 Å². The number of hydrogen-bond acceptors (Lipinski definition) is 8. The summed E-state index contributed by atoms with van der Waals surface area (Å²) in [6.45, 7) is 1.84. The smallest absolute Gasteiger partial charge is 0.216 e. The van der Waals surface area contributed by atoms with Crippen LogP contribution in [0.4, 0.5) is 0 Å². The number of aryl methyl sites for hydroxylation is 2. The summed E-state index contributed by atoms with van der Waals surface area (Å²) >= 11 is 4.73. The van der Waals surface area contributed by atoms with Gasteiger partial charge in [0.05, 0.1) is 17.2 Å². The monoisotopic (exact) mass is 406 g/mol. The molecule has 11 heteroatoms. The van der Waals surface area contributed by atoms with E-state index in [1.54, 1.807) is 17.0 Å². The Balaban J connectivity index is 1.78. The Bertz CT molecular complexity index is 1050. The molecule has 0 aliphatic rings. The van der Waals surface area contributed by atoms with E-state index in [2.05, 4.69) is 41.2 Å². The fraction of sp³-hybridized carbons (Fsp3) is 0.154. The van der Waals surface area contributed by atoms with E-state index in [4.69, 9.17) is 10.3 Å². The molecule has 122 valence electrons. The summed E-state index contributed by atoms with van der Waals surface area (Å²) < 4.78 is 9.06. The van der Waals surface area contributed by atoms with Gasteiger partial charge in [-0.05, 0) is 40.7 Å². The van der Waals surface area contributed by atoms with Crippen molar-refractivity contribution in [2.75, 3.05) is 5.84 Å². The molecule has 0 aliphatic heterocycles. The van der Waals surface area contributed by atoms with E-state index in [0.717, 1.165) is 16.7 Å². The summed E-state index contributed by atoms with van der Waals surface area (Å²) in [6, 6.07) is 1.80. The highest BCUT2D eigenvalue weighted by Gasteiger charge is 2.20. The number of hydrogen-bond donors (Lipinski definition) is 1. The average molecular weight is 407 g/mol. The van der Waals surface area contributed by atoms with Gasteiger partial charge in [0.25, 0.3) is 0 Å². The molecule has 0 amide bonds. The maximum Gasteiger partial charge on any atom is 0.216 e. The maximum atomic E-state index is 6.15. The number of nitrogen functional groups attached to an aromatic ring is 1. The van der Waals surface area contributed by atoms with Gasteiger partial charge in [-0.25, -0.2) is 19.3 Å². The van der Waals surface area contributed by atoms with Gasteiger partial charge in [0.15, 0.2) is 11.5 Å². The highest BCUT2D eigenvalue weighted by Crippen LogP contribution is 2.34. The zero-order valence-electron chi connectivity index (χ0n) is 12.6. The molecular formula is C13H11BrN8OS. The van der Waals surface area contributed by atoms with Gasteiger partial charge < -0.3 is 10.3 Å². The van der Waals surface area contributed by atoms with E-state index in [0.29, 0.717) is 26.3 Å². The van der Waals surface area contributed by atoms with Crippen LogP contribution in [0, 0.1) is 6.92 Å². The first kappa shape index (κ1) is 15.1. The highest BCUT2D eigenvalue weighted by atomic mass is 79.9. The SMILES string of the molecule is Cc1occc1-c1nnc(Sc2ncnc3c2c(Br)nn3C)n1N. The molecule has 0 unspecified atom stereocenters. The standard InChI is InChI=1S/C13H11BrN8OS/c1-6-7(3-4-23-6)10-18-19-13(22(10)15)24-12-8-9(14)20-21(2)11(8)16-5-17-12/h3-5H,15H2,1-2H3.